The molecule has 3 aromatic rings. The molecule has 0 N–H and O–H groups in total. The summed E-state index contributed by atoms with van der Waals surface area (Å²) < 4.78 is 5.29. The molecule has 0 aromatic heterocycles. The second-order valence-electron chi connectivity index (χ2n) is 7.05. The summed E-state index contributed by atoms with van der Waals surface area (Å²) in [5, 5.41) is 10.8. The van der Waals surface area contributed by atoms with Crippen molar-refractivity contribution in [2.45, 2.75) is 6.54 Å². The number of methoxy groups -OCH3 is 1. The van der Waals surface area contributed by atoms with Crippen LogP contribution in [0.4, 0.5) is 11.4 Å². The van der Waals surface area contributed by atoms with Crippen LogP contribution < -0.4 is 9.64 Å². The number of para-hydroxylation sites is 1. The van der Waals surface area contributed by atoms with Gasteiger partial charge in [-0.05, 0) is 47.5 Å². The maximum absolute atomic E-state index is 13.2. The number of nitro benzene ring substituents is 1. The molecule has 4 rings (SSSR count). The highest BCUT2D eigenvalue weighted by Gasteiger charge is 2.31. The van der Waals surface area contributed by atoms with Gasteiger partial charge in [-0.25, -0.2) is 0 Å². The maximum atomic E-state index is 13.2. The summed E-state index contributed by atoms with van der Waals surface area (Å²) in [6, 6.07) is 21.6. The smallest absolute Gasteiger partial charge is 0.269 e. The zero-order valence-corrected chi connectivity index (χ0v) is 16.9. The average Bonchev–Trinajstić information content (AvgIpc) is 3.05. The Labute approximate surface area is 179 Å². The zero-order chi connectivity index (χ0) is 21.8. The van der Waals surface area contributed by atoms with E-state index >= 15 is 0 Å². The van der Waals surface area contributed by atoms with E-state index in [0.717, 1.165) is 28.1 Å². The highest BCUT2D eigenvalue weighted by Crippen LogP contribution is 2.37. The molecule has 0 bridgehead atoms. The molecule has 0 atom stereocenters. The summed E-state index contributed by atoms with van der Waals surface area (Å²) in [4.78, 5) is 25.3. The molecule has 1 amide bonds. The van der Waals surface area contributed by atoms with Gasteiger partial charge in [0.2, 0.25) is 0 Å². The zero-order valence-electron chi connectivity index (χ0n) is 16.9. The number of nitro groups is 1. The quantitative estimate of drug-likeness (QED) is 0.315. The Hall–Kier alpha value is -4.19. The maximum Gasteiger partial charge on any atom is 0.269 e. The van der Waals surface area contributed by atoms with E-state index in [1.165, 1.54) is 12.1 Å². The van der Waals surface area contributed by atoms with Crippen LogP contribution in [0.15, 0.2) is 84.9 Å². The molecule has 0 spiro atoms. The summed E-state index contributed by atoms with van der Waals surface area (Å²) in [6.45, 7) is 0.441. The predicted molar refractivity (Wildman–Crippen MR) is 121 cm³/mol. The topological polar surface area (TPSA) is 72.7 Å². The van der Waals surface area contributed by atoms with Crippen molar-refractivity contribution in [3.63, 3.8) is 0 Å². The first-order chi connectivity index (χ1) is 15.1. The number of hydrogen-bond acceptors (Lipinski definition) is 4. The van der Waals surface area contributed by atoms with Gasteiger partial charge in [0.1, 0.15) is 5.75 Å². The first-order valence-corrected chi connectivity index (χ1v) is 9.74. The van der Waals surface area contributed by atoms with Gasteiger partial charge in [0, 0.05) is 23.3 Å². The van der Waals surface area contributed by atoms with Crippen molar-refractivity contribution >= 4 is 28.9 Å². The molecule has 3 aromatic carbocycles. The fraction of sp³-hybridized carbons (Fsp3) is 0.0800. The van der Waals surface area contributed by atoms with Crippen LogP contribution in [0.25, 0.3) is 11.6 Å². The summed E-state index contributed by atoms with van der Waals surface area (Å²) in [5.74, 6) is 0.677. The monoisotopic (exact) mass is 412 g/mol. The lowest BCUT2D eigenvalue weighted by Gasteiger charge is -2.17. The third-order valence-electron chi connectivity index (χ3n) is 5.09. The van der Waals surface area contributed by atoms with Crippen molar-refractivity contribution in [2.24, 2.45) is 0 Å². The van der Waals surface area contributed by atoms with Gasteiger partial charge >= 0.3 is 0 Å². The van der Waals surface area contributed by atoms with Gasteiger partial charge in [-0.1, -0.05) is 42.5 Å². The molecule has 6 nitrogen and oxygen atoms in total. The Morgan fingerprint density at radius 1 is 1.03 bits per heavy atom. The minimum Gasteiger partial charge on any atom is -0.497 e. The van der Waals surface area contributed by atoms with E-state index in [-0.39, 0.29) is 11.6 Å². The molecule has 0 saturated heterocycles. The molecule has 154 valence electrons. The SMILES string of the molecule is COc1cccc(CN2C(=O)/C(=C\C=C\c3ccc([N+](=O)[O-])cc3)c3ccccc32)c1. The Kier molecular flexibility index (Phi) is 5.62. The van der Waals surface area contributed by atoms with Gasteiger partial charge in [0.05, 0.1) is 24.3 Å². The Bertz CT molecular complexity index is 1200. The van der Waals surface area contributed by atoms with Crippen molar-refractivity contribution in [3.05, 3.63) is 112 Å². The lowest BCUT2D eigenvalue weighted by atomic mass is 10.1. The number of benzene rings is 3. The molecular formula is C25H20N2O4. The van der Waals surface area contributed by atoms with Gasteiger partial charge in [0.15, 0.2) is 0 Å². The molecule has 6 heteroatoms. The van der Waals surface area contributed by atoms with Crippen LogP contribution in [-0.4, -0.2) is 17.9 Å². The molecular weight excluding hydrogens is 392 g/mol. The van der Waals surface area contributed by atoms with E-state index in [4.69, 9.17) is 4.74 Å². The van der Waals surface area contributed by atoms with Crippen LogP contribution in [-0.2, 0) is 11.3 Å². The number of nitrogens with zero attached hydrogens (tertiary/aromatic N) is 2. The molecule has 1 aliphatic heterocycles. The second-order valence-corrected chi connectivity index (χ2v) is 7.05. The number of anilines is 1. The van der Waals surface area contributed by atoms with Crippen LogP contribution in [0.5, 0.6) is 5.75 Å². The van der Waals surface area contributed by atoms with Gasteiger partial charge < -0.3 is 9.64 Å². The van der Waals surface area contributed by atoms with Gasteiger partial charge in [-0.2, -0.15) is 0 Å². The summed E-state index contributed by atoms with van der Waals surface area (Å²) in [5.41, 5.74) is 4.19. The van der Waals surface area contributed by atoms with E-state index in [0.29, 0.717) is 12.1 Å². The first kappa shape index (κ1) is 20.1. The van der Waals surface area contributed by atoms with Gasteiger partial charge in [-0.3, -0.25) is 14.9 Å². The number of amides is 1. The third-order valence-corrected chi connectivity index (χ3v) is 5.09. The molecule has 31 heavy (non-hydrogen) atoms. The first-order valence-electron chi connectivity index (χ1n) is 9.74. The van der Waals surface area contributed by atoms with Gasteiger partial charge in [-0.15, -0.1) is 0 Å². The van der Waals surface area contributed by atoms with E-state index < -0.39 is 4.92 Å². The fourth-order valence-corrected chi connectivity index (χ4v) is 3.54. The highest BCUT2D eigenvalue weighted by atomic mass is 16.6. The fourth-order valence-electron chi connectivity index (χ4n) is 3.54. The number of fused-ring (bicyclic) bond motifs is 1. The lowest BCUT2D eigenvalue weighted by Crippen LogP contribution is -2.25. The third kappa shape index (κ3) is 4.23. The van der Waals surface area contributed by atoms with Crippen molar-refractivity contribution in [1.82, 2.24) is 0 Å². The number of ether oxygens (including phenoxy) is 1. The van der Waals surface area contributed by atoms with E-state index in [1.807, 2.05) is 54.6 Å². The van der Waals surface area contributed by atoms with Crippen LogP contribution in [0.1, 0.15) is 16.7 Å². The number of carbonyl (C=O) groups excluding carboxylic acids is 1. The summed E-state index contributed by atoms with van der Waals surface area (Å²) >= 11 is 0. The van der Waals surface area contributed by atoms with Crippen LogP contribution >= 0.6 is 0 Å². The Balaban J connectivity index is 1.59. The van der Waals surface area contributed by atoms with Crippen molar-refractivity contribution in [1.29, 1.82) is 0 Å². The van der Waals surface area contributed by atoms with Crippen molar-refractivity contribution < 1.29 is 14.5 Å². The number of rotatable bonds is 6. The molecule has 1 heterocycles. The normalized spacial score (nSPS) is 14.3. The molecule has 0 saturated carbocycles. The molecule has 0 aliphatic carbocycles. The van der Waals surface area contributed by atoms with Crippen molar-refractivity contribution in [2.75, 3.05) is 12.0 Å². The van der Waals surface area contributed by atoms with E-state index in [1.54, 1.807) is 36.3 Å². The molecule has 0 radical (unpaired) electrons. The number of non-ortho nitro benzene ring substituents is 1. The largest absolute Gasteiger partial charge is 0.497 e. The lowest BCUT2D eigenvalue weighted by molar-refractivity contribution is -0.384. The summed E-state index contributed by atoms with van der Waals surface area (Å²) in [6.07, 6.45) is 5.39. The van der Waals surface area contributed by atoms with Crippen LogP contribution in [0.3, 0.4) is 0 Å². The highest BCUT2D eigenvalue weighted by molar-refractivity contribution is 6.32. The Morgan fingerprint density at radius 3 is 2.55 bits per heavy atom. The van der Waals surface area contributed by atoms with Gasteiger partial charge in [0.25, 0.3) is 11.6 Å². The van der Waals surface area contributed by atoms with E-state index in [2.05, 4.69) is 0 Å². The molecule has 0 fully saturated rings. The standard InChI is InChI=1S/C25H20N2O4/c1-31-21-8-4-7-19(16-21)17-26-24-11-3-2-9-22(24)23(25(26)28)10-5-6-18-12-14-20(15-13-18)27(29)30/h2-16H,17H2,1H3/b6-5+,23-10-. The average molecular weight is 412 g/mol. The summed E-state index contributed by atoms with van der Waals surface area (Å²) in [7, 11) is 1.62. The Morgan fingerprint density at radius 2 is 1.81 bits per heavy atom. The number of hydrogen-bond donors (Lipinski definition) is 0. The van der Waals surface area contributed by atoms with Crippen molar-refractivity contribution in [3.8, 4) is 5.75 Å². The number of allylic oxidation sites excluding steroid dienone is 2. The minimum absolute atomic E-state index is 0.0450. The molecule has 0 unspecified atom stereocenters. The van der Waals surface area contributed by atoms with Crippen LogP contribution in [0, 0.1) is 10.1 Å². The second kappa shape index (κ2) is 8.67. The van der Waals surface area contributed by atoms with Crippen LogP contribution in [0.2, 0.25) is 0 Å². The molecule has 1 aliphatic rings. The number of carbonyl (C=O) groups is 1. The minimum atomic E-state index is -0.430. The van der Waals surface area contributed by atoms with E-state index in [9.17, 15) is 14.9 Å². The predicted octanol–water partition coefficient (Wildman–Crippen LogP) is 5.25.